The predicted octanol–water partition coefficient (Wildman–Crippen LogP) is 1.03. The molecular formula is C14H22N4O5. The molecule has 0 bridgehead atoms. The Morgan fingerprint density at radius 3 is 2.61 bits per heavy atom. The molecule has 1 aromatic heterocycles. The first-order valence-corrected chi connectivity index (χ1v) is 7.31. The number of hydrogen-bond donors (Lipinski definition) is 2. The molecule has 2 atom stereocenters. The molecule has 1 fully saturated rings. The topological polar surface area (TPSA) is 106 Å². The molecule has 2 rings (SSSR count). The highest BCUT2D eigenvalue weighted by molar-refractivity contribution is 5.65. The van der Waals surface area contributed by atoms with E-state index in [0.717, 1.165) is 0 Å². The normalized spacial score (nSPS) is 20.8. The molecule has 1 saturated heterocycles. The average molecular weight is 326 g/mol. The number of hydrogen-bond acceptors (Lipinski definition) is 7. The van der Waals surface area contributed by atoms with E-state index in [2.05, 4.69) is 15.3 Å². The SMILES string of the molecule is COC(CNc1ncc(O[C@@H]2C[C@H](C)N(C(=O)O)C2)cn1)OC. The molecule has 1 aliphatic heterocycles. The van der Waals surface area contributed by atoms with Crippen LogP contribution in [-0.4, -0.2) is 71.8 Å². The minimum Gasteiger partial charge on any atom is -0.485 e. The van der Waals surface area contributed by atoms with Gasteiger partial charge in [0.05, 0.1) is 25.5 Å². The Bertz CT molecular complexity index is 508. The minimum absolute atomic E-state index is 0.0561. The first-order chi connectivity index (χ1) is 11.0. The van der Waals surface area contributed by atoms with Crippen molar-refractivity contribution in [2.24, 2.45) is 0 Å². The molecule has 23 heavy (non-hydrogen) atoms. The van der Waals surface area contributed by atoms with E-state index in [9.17, 15) is 4.79 Å². The summed E-state index contributed by atoms with van der Waals surface area (Å²) in [6, 6.07) is -0.0561. The van der Waals surface area contributed by atoms with Crippen LogP contribution in [0.1, 0.15) is 13.3 Å². The molecule has 0 aromatic carbocycles. The largest absolute Gasteiger partial charge is 0.485 e. The maximum Gasteiger partial charge on any atom is 0.407 e. The number of amides is 1. The van der Waals surface area contributed by atoms with Crippen molar-refractivity contribution in [2.45, 2.75) is 31.8 Å². The number of aromatic nitrogens is 2. The number of rotatable bonds is 7. The van der Waals surface area contributed by atoms with Crippen LogP contribution >= 0.6 is 0 Å². The average Bonchev–Trinajstić information content (AvgIpc) is 2.90. The van der Waals surface area contributed by atoms with Gasteiger partial charge in [0, 0.05) is 26.7 Å². The van der Waals surface area contributed by atoms with Crippen LogP contribution in [0.15, 0.2) is 12.4 Å². The summed E-state index contributed by atoms with van der Waals surface area (Å²) < 4.78 is 15.9. The molecule has 128 valence electrons. The fraction of sp³-hybridized carbons (Fsp3) is 0.643. The van der Waals surface area contributed by atoms with Crippen LogP contribution in [0.4, 0.5) is 10.7 Å². The quantitative estimate of drug-likeness (QED) is 0.716. The molecule has 1 amide bonds. The van der Waals surface area contributed by atoms with Gasteiger partial charge in [-0.15, -0.1) is 0 Å². The van der Waals surface area contributed by atoms with Crippen molar-refractivity contribution in [3.05, 3.63) is 12.4 Å². The van der Waals surface area contributed by atoms with Crippen molar-refractivity contribution in [3.63, 3.8) is 0 Å². The van der Waals surface area contributed by atoms with Crippen molar-refractivity contribution in [1.29, 1.82) is 0 Å². The molecule has 0 aliphatic carbocycles. The van der Waals surface area contributed by atoms with Gasteiger partial charge in [-0.05, 0) is 6.92 Å². The van der Waals surface area contributed by atoms with Gasteiger partial charge < -0.3 is 29.5 Å². The second-order valence-corrected chi connectivity index (χ2v) is 5.28. The maximum absolute atomic E-state index is 11.0. The fourth-order valence-electron chi connectivity index (χ4n) is 2.43. The molecule has 2 N–H and O–H groups in total. The van der Waals surface area contributed by atoms with Crippen LogP contribution in [0, 0.1) is 0 Å². The van der Waals surface area contributed by atoms with Crippen molar-refractivity contribution in [2.75, 3.05) is 32.6 Å². The zero-order chi connectivity index (χ0) is 16.8. The summed E-state index contributed by atoms with van der Waals surface area (Å²) in [6.07, 6.45) is 2.27. The van der Waals surface area contributed by atoms with E-state index >= 15 is 0 Å². The highest BCUT2D eigenvalue weighted by Gasteiger charge is 2.33. The standard InChI is InChI=1S/C14H22N4O5/c1-9-4-10(8-18(9)14(19)20)23-11-5-15-13(16-6-11)17-7-12(21-2)22-3/h5-6,9-10,12H,4,7-8H2,1-3H3,(H,19,20)(H,15,16,17)/t9-,10+/m0/s1. The Hall–Kier alpha value is -2.13. The monoisotopic (exact) mass is 326 g/mol. The first kappa shape index (κ1) is 17.2. The van der Waals surface area contributed by atoms with Gasteiger partial charge in [0.2, 0.25) is 5.95 Å². The summed E-state index contributed by atoms with van der Waals surface area (Å²) >= 11 is 0. The van der Waals surface area contributed by atoms with Gasteiger partial charge in [-0.25, -0.2) is 14.8 Å². The lowest BCUT2D eigenvalue weighted by Gasteiger charge is -2.16. The number of ether oxygens (including phenoxy) is 3. The lowest BCUT2D eigenvalue weighted by Crippen LogP contribution is -2.33. The summed E-state index contributed by atoms with van der Waals surface area (Å²) in [7, 11) is 3.10. The third-order valence-corrected chi connectivity index (χ3v) is 3.67. The van der Waals surface area contributed by atoms with Crippen molar-refractivity contribution in [1.82, 2.24) is 14.9 Å². The Morgan fingerprint density at radius 1 is 1.43 bits per heavy atom. The molecule has 0 spiro atoms. The van der Waals surface area contributed by atoms with E-state index < -0.39 is 6.09 Å². The molecule has 2 heterocycles. The van der Waals surface area contributed by atoms with Gasteiger partial charge in [0.15, 0.2) is 12.0 Å². The second-order valence-electron chi connectivity index (χ2n) is 5.28. The Balaban J connectivity index is 1.85. The third-order valence-electron chi connectivity index (χ3n) is 3.67. The van der Waals surface area contributed by atoms with E-state index in [1.165, 1.54) is 4.90 Å². The molecular weight excluding hydrogens is 304 g/mol. The van der Waals surface area contributed by atoms with E-state index in [1.54, 1.807) is 26.6 Å². The molecule has 9 nitrogen and oxygen atoms in total. The Kier molecular flexibility index (Phi) is 5.94. The van der Waals surface area contributed by atoms with Gasteiger partial charge in [0.25, 0.3) is 0 Å². The summed E-state index contributed by atoms with van der Waals surface area (Å²) in [6.45, 7) is 2.63. The van der Waals surface area contributed by atoms with Crippen LogP contribution in [0.25, 0.3) is 0 Å². The number of likely N-dealkylation sites (tertiary alicyclic amines) is 1. The summed E-state index contributed by atoms with van der Waals surface area (Å²) in [4.78, 5) is 20.7. The van der Waals surface area contributed by atoms with Crippen LogP contribution in [0.3, 0.4) is 0 Å². The number of nitrogens with one attached hydrogen (secondary N) is 1. The van der Waals surface area contributed by atoms with Gasteiger partial charge in [-0.3, -0.25) is 0 Å². The fourth-order valence-corrected chi connectivity index (χ4v) is 2.43. The van der Waals surface area contributed by atoms with Gasteiger partial charge in [-0.1, -0.05) is 0 Å². The Morgan fingerprint density at radius 2 is 2.09 bits per heavy atom. The second kappa shape index (κ2) is 7.93. The highest BCUT2D eigenvalue weighted by atomic mass is 16.7. The number of anilines is 1. The van der Waals surface area contributed by atoms with E-state index in [4.69, 9.17) is 19.3 Å². The van der Waals surface area contributed by atoms with Gasteiger partial charge in [0.1, 0.15) is 6.10 Å². The lowest BCUT2D eigenvalue weighted by atomic mass is 10.2. The number of methoxy groups -OCH3 is 2. The lowest BCUT2D eigenvalue weighted by molar-refractivity contribution is -0.0914. The molecule has 0 saturated carbocycles. The van der Waals surface area contributed by atoms with Crippen LogP contribution in [0.2, 0.25) is 0 Å². The summed E-state index contributed by atoms with van der Waals surface area (Å²) in [5.41, 5.74) is 0. The van der Waals surface area contributed by atoms with E-state index in [1.807, 2.05) is 6.92 Å². The maximum atomic E-state index is 11.0. The number of carboxylic acid groups (broad SMARTS) is 1. The first-order valence-electron chi connectivity index (χ1n) is 7.31. The number of carbonyl (C=O) groups is 1. The smallest absolute Gasteiger partial charge is 0.407 e. The number of nitrogens with zero attached hydrogens (tertiary/aromatic N) is 3. The summed E-state index contributed by atoms with van der Waals surface area (Å²) in [5, 5.41) is 12.0. The van der Waals surface area contributed by atoms with Crippen molar-refractivity contribution < 1.29 is 24.1 Å². The third kappa shape index (κ3) is 4.67. The molecule has 0 radical (unpaired) electrons. The van der Waals surface area contributed by atoms with Crippen LogP contribution < -0.4 is 10.1 Å². The van der Waals surface area contributed by atoms with E-state index in [-0.39, 0.29) is 18.4 Å². The zero-order valence-corrected chi connectivity index (χ0v) is 13.4. The van der Waals surface area contributed by atoms with Crippen LogP contribution in [-0.2, 0) is 9.47 Å². The summed E-state index contributed by atoms with van der Waals surface area (Å²) in [5.74, 6) is 0.943. The van der Waals surface area contributed by atoms with Crippen LogP contribution in [0.5, 0.6) is 5.75 Å². The molecule has 9 heteroatoms. The predicted molar refractivity (Wildman–Crippen MR) is 81.6 cm³/mol. The van der Waals surface area contributed by atoms with Gasteiger partial charge in [-0.2, -0.15) is 0 Å². The Labute approximate surface area is 134 Å². The van der Waals surface area contributed by atoms with E-state index in [0.29, 0.717) is 31.2 Å². The van der Waals surface area contributed by atoms with Gasteiger partial charge >= 0.3 is 6.09 Å². The zero-order valence-electron chi connectivity index (χ0n) is 13.4. The minimum atomic E-state index is -0.926. The van der Waals surface area contributed by atoms with Crippen molar-refractivity contribution in [3.8, 4) is 5.75 Å². The van der Waals surface area contributed by atoms with Crippen molar-refractivity contribution >= 4 is 12.0 Å². The molecule has 1 aliphatic rings. The highest BCUT2D eigenvalue weighted by Crippen LogP contribution is 2.22. The molecule has 1 aromatic rings. The molecule has 0 unspecified atom stereocenters.